The maximum Gasteiger partial charge on any atom is 0.0467 e. The molecule has 1 heteroatoms. The van der Waals surface area contributed by atoms with Crippen molar-refractivity contribution < 1.29 is 0 Å². The Morgan fingerprint density at radius 2 is 0.545 bits per heavy atom. The molecule has 0 fully saturated rings. The van der Waals surface area contributed by atoms with Gasteiger partial charge in [-0.25, -0.2) is 0 Å². The van der Waals surface area contributed by atoms with Crippen LogP contribution in [0.4, 0.5) is 17.1 Å². The molecule has 0 aromatic heterocycles. The molecule has 9 rings (SSSR count). The Labute approximate surface area is 324 Å². The SMILES string of the molecule is c1ccc(-c2ccc(-c3ccc(N(c4ccccc4)c4cccc(-c5cccc(-c6ccccc6)c5-c5ccccc5-c5ccccc5)c4)cc3)cc2)cc1. The van der Waals surface area contributed by atoms with Gasteiger partial charge in [-0.15, -0.1) is 0 Å². The van der Waals surface area contributed by atoms with E-state index in [2.05, 4.69) is 241 Å². The fraction of sp³-hybridized carbons (Fsp3) is 0. The lowest BCUT2D eigenvalue weighted by Gasteiger charge is -2.26. The van der Waals surface area contributed by atoms with E-state index in [1.807, 2.05) is 0 Å². The zero-order valence-corrected chi connectivity index (χ0v) is 30.5. The molecule has 0 amide bonds. The molecule has 9 aromatic carbocycles. The quantitative estimate of drug-likeness (QED) is 0.145. The van der Waals surface area contributed by atoms with Crippen molar-refractivity contribution in [1.29, 1.82) is 0 Å². The summed E-state index contributed by atoms with van der Waals surface area (Å²) in [5.74, 6) is 0. The zero-order valence-electron chi connectivity index (χ0n) is 30.5. The molecule has 0 aliphatic rings. The van der Waals surface area contributed by atoms with Crippen molar-refractivity contribution in [3.8, 4) is 66.8 Å². The smallest absolute Gasteiger partial charge is 0.0467 e. The minimum absolute atomic E-state index is 1.09. The predicted molar refractivity (Wildman–Crippen MR) is 234 cm³/mol. The summed E-state index contributed by atoms with van der Waals surface area (Å²) in [5.41, 5.74) is 17.7. The lowest BCUT2D eigenvalue weighted by atomic mass is 9.84. The lowest BCUT2D eigenvalue weighted by Crippen LogP contribution is -2.09. The van der Waals surface area contributed by atoms with Gasteiger partial charge in [0.25, 0.3) is 0 Å². The summed E-state index contributed by atoms with van der Waals surface area (Å²) in [7, 11) is 0. The van der Waals surface area contributed by atoms with E-state index < -0.39 is 0 Å². The van der Waals surface area contributed by atoms with Crippen LogP contribution in [0.2, 0.25) is 0 Å². The summed E-state index contributed by atoms with van der Waals surface area (Å²) in [5, 5.41) is 0. The molecule has 0 spiro atoms. The second-order valence-corrected chi connectivity index (χ2v) is 13.7. The van der Waals surface area contributed by atoms with Gasteiger partial charge in [0.1, 0.15) is 0 Å². The van der Waals surface area contributed by atoms with Gasteiger partial charge in [0.05, 0.1) is 0 Å². The van der Waals surface area contributed by atoms with Gasteiger partial charge in [0.15, 0.2) is 0 Å². The Morgan fingerprint density at radius 3 is 1.13 bits per heavy atom. The number of rotatable bonds is 9. The highest BCUT2D eigenvalue weighted by Gasteiger charge is 2.19. The largest absolute Gasteiger partial charge is 0.310 e. The van der Waals surface area contributed by atoms with Gasteiger partial charge in [-0.2, -0.15) is 0 Å². The summed E-state index contributed by atoms with van der Waals surface area (Å²) in [6.07, 6.45) is 0. The zero-order chi connectivity index (χ0) is 36.8. The molecule has 0 saturated carbocycles. The van der Waals surface area contributed by atoms with E-state index in [9.17, 15) is 0 Å². The highest BCUT2D eigenvalue weighted by Crippen LogP contribution is 2.45. The number of nitrogens with zero attached hydrogens (tertiary/aromatic N) is 1. The van der Waals surface area contributed by atoms with Crippen LogP contribution in [-0.2, 0) is 0 Å². The fourth-order valence-corrected chi connectivity index (χ4v) is 7.64. The van der Waals surface area contributed by atoms with Crippen molar-refractivity contribution in [2.24, 2.45) is 0 Å². The van der Waals surface area contributed by atoms with Crippen molar-refractivity contribution in [3.05, 3.63) is 237 Å². The van der Waals surface area contributed by atoms with Gasteiger partial charge in [0, 0.05) is 17.1 Å². The number of benzene rings is 9. The summed E-state index contributed by atoms with van der Waals surface area (Å²) in [6.45, 7) is 0. The molecule has 55 heavy (non-hydrogen) atoms. The Kier molecular flexibility index (Phi) is 9.41. The van der Waals surface area contributed by atoms with Gasteiger partial charge in [0.2, 0.25) is 0 Å². The van der Waals surface area contributed by atoms with Crippen LogP contribution in [0.15, 0.2) is 237 Å². The molecular formula is C54H39N. The van der Waals surface area contributed by atoms with Crippen molar-refractivity contribution in [3.63, 3.8) is 0 Å². The summed E-state index contributed by atoms with van der Waals surface area (Å²) in [6, 6.07) is 84.9. The Bertz CT molecular complexity index is 2650. The maximum atomic E-state index is 2.35. The lowest BCUT2D eigenvalue weighted by molar-refractivity contribution is 1.28. The van der Waals surface area contributed by atoms with Crippen LogP contribution < -0.4 is 4.90 Å². The highest BCUT2D eigenvalue weighted by atomic mass is 15.1. The number of hydrogen-bond donors (Lipinski definition) is 0. The summed E-state index contributed by atoms with van der Waals surface area (Å²) < 4.78 is 0. The van der Waals surface area contributed by atoms with Crippen molar-refractivity contribution in [2.45, 2.75) is 0 Å². The number of para-hydroxylation sites is 1. The normalized spacial score (nSPS) is 10.9. The molecule has 0 radical (unpaired) electrons. The molecule has 0 aliphatic heterocycles. The van der Waals surface area contributed by atoms with Crippen LogP contribution in [0.25, 0.3) is 66.8 Å². The van der Waals surface area contributed by atoms with Gasteiger partial charge in [-0.1, -0.05) is 200 Å². The first kappa shape index (κ1) is 33.6. The van der Waals surface area contributed by atoms with Crippen LogP contribution >= 0.6 is 0 Å². The van der Waals surface area contributed by atoms with E-state index in [1.54, 1.807) is 0 Å². The van der Waals surface area contributed by atoms with Crippen molar-refractivity contribution in [2.75, 3.05) is 4.90 Å². The third kappa shape index (κ3) is 7.00. The number of anilines is 3. The molecule has 0 N–H and O–H groups in total. The van der Waals surface area contributed by atoms with Crippen LogP contribution in [0.5, 0.6) is 0 Å². The fourth-order valence-electron chi connectivity index (χ4n) is 7.64. The van der Waals surface area contributed by atoms with Gasteiger partial charge >= 0.3 is 0 Å². The van der Waals surface area contributed by atoms with E-state index in [1.165, 1.54) is 61.2 Å². The van der Waals surface area contributed by atoms with E-state index in [0.717, 1.165) is 22.6 Å². The third-order valence-electron chi connectivity index (χ3n) is 10.3. The predicted octanol–water partition coefficient (Wildman–Crippen LogP) is 15.2. The average Bonchev–Trinajstić information content (AvgIpc) is 3.28. The van der Waals surface area contributed by atoms with Crippen LogP contribution in [0.3, 0.4) is 0 Å². The monoisotopic (exact) mass is 701 g/mol. The van der Waals surface area contributed by atoms with Crippen LogP contribution in [-0.4, -0.2) is 0 Å². The molecule has 0 atom stereocenters. The average molecular weight is 702 g/mol. The molecule has 1 nitrogen and oxygen atoms in total. The second kappa shape index (κ2) is 15.4. The Balaban J connectivity index is 1.15. The van der Waals surface area contributed by atoms with E-state index >= 15 is 0 Å². The molecular weight excluding hydrogens is 663 g/mol. The second-order valence-electron chi connectivity index (χ2n) is 13.7. The standard InChI is InChI=1S/C54H39N/c1-5-17-40(18-6-1)41-31-33-42(34-32-41)43-35-37-48(38-36-43)55(47-24-11-4-12-25-47)49-26-15-23-46(39-49)52-30-16-29-51(45-21-9-3-10-22-45)54(52)53-28-14-13-27-50(53)44-19-7-2-8-20-44/h1-39H. The first-order valence-electron chi connectivity index (χ1n) is 18.8. The molecule has 0 saturated heterocycles. The Morgan fingerprint density at radius 1 is 0.200 bits per heavy atom. The van der Waals surface area contributed by atoms with Crippen LogP contribution in [0, 0.1) is 0 Å². The summed E-state index contributed by atoms with van der Waals surface area (Å²) in [4.78, 5) is 2.35. The summed E-state index contributed by atoms with van der Waals surface area (Å²) >= 11 is 0. The topological polar surface area (TPSA) is 3.24 Å². The number of hydrogen-bond acceptors (Lipinski definition) is 1. The van der Waals surface area contributed by atoms with Crippen LogP contribution in [0.1, 0.15) is 0 Å². The molecule has 260 valence electrons. The highest BCUT2D eigenvalue weighted by molar-refractivity contribution is 6.00. The van der Waals surface area contributed by atoms with Gasteiger partial charge < -0.3 is 4.90 Å². The van der Waals surface area contributed by atoms with E-state index in [0.29, 0.717) is 0 Å². The molecule has 0 bridgehead atoms. The van der Waals surface area contributed by atoms with Crippen molar-refractivity contribution >= 4 is 17.1 Å². The first-order chi connectivity index (χ1) is 27.3. The molecule has 0 unspecified atom stereocenters. The first-order valence-corrected chi connectivity index (χ1v) is 18.8. The molecule has 9 aromatic rings. The minimum atomic E-state index is 1.09. The third-order valence-corrected chi connectivity index (χ3v) is 10.3. The minimum Gasteiger partial charge on any atom is -0.310 e. The van der Waals surface area contributed by atoms with E-state index in [4.69, 9.17) is 0 Å². The van der Waals surface area contributed by atoms with Gasteiger partial charge in [-0.05, 0) is 103 Å². The maximum absolute atomic E-state index is 2.35. The van der Waals surface area contributed by atoms with Gasteiger partial charge in [-0.3, -0.25) is 0 Å². The molecule has 0 aliphatic carbocycles. The van der Waals surface area contributed by atoms with E-state index in [-0.39, 0.29) is 0 Å². The van der Waals surface area contributed by atoms with Crippen molar-refractivity contribution in [1.82, 2.24) is 0 Å². The Hall–Kier alpha value is -7.22. The molecule has 0 heterocycles.